The van der Waals surface area contributed by atoms with Crippen molar-refractivity contribution >= 4 is 28.4 Å². The van der Waals surface area contributed by atoms with Crippen LogP contribution in [0, 0.1) is 9.39 Å². The average molecular weight is 318 g/mol. The van der Waals surface area contributed by atoms with Gasteiger partial charge in [-0.25, -0.2) is 4.39 Å². The molecule has 1 rings (SSSR count). The Morgan fingerprint density at radius 1 is 1.29 bits per heavy atom. The minimum absolute atomic E-state index is 0.313. The summed E-state index contributed by atoms with van der Waals surface area (Å²) in [6.07, 6.45) is -4.96. The second-order valence-corrected chi connectivity index (χ2v) is 3.51. The molecule has 1 nitrogen and oxygen atoms in total. The van der Waals surface area contributed by atoms with Crippen LogP contribution in [0.4, 0.5) is 17.6 Å². The fourth-order valence-electron chi connectivity index (χ4n) is 0.832. The number of ketones is 1. The molecule has 6 heteroatoms. The third-order valence-electron chi connectivity index (χ3n) is 1.45. The SMILES string of the molecule is O=C(c1cccc(F)c1I)C(F)(F)F. The second-order valence-electron chi connectivity index (χ2n) is 2.43. The summed E-state index contributed by atoms with van der Waals surface area (Å²) in [6.45, 7) is 0. The first-order chi connectivity index (χ1) is 6.34. The number of Topliss-reactive ketones (excluding diaryl/α,β-unsaturated/α-hetero) is 1. The third kappa shape index (κ3) is 2.23. The van der Waals surface area contributed by atoms with E-state index in [0.717, 1.165) is 18.2 Å². The number of carbonyl (C=O) groups is 1. The molecule has 0 saturated heterocycles. The lowest BCUT2D eigenvalue weighted by Crippen LogP contribution is -2.23. The minimum atomic E-state index is -4.96. The van der Waals surface area contributed by atoms with E-state index in [4.69, 9.17) is 0 Å². The summed E-state index contributed by atoms with van der Waals surface area (Å²) < 4.78 is 48.4. The smallest absolute Gasteiger partial charge is 0.284 e. The summed E-state index contributed by atoms with van der Waals surface area (Å²) in [5, 5.41) is 0. The molecular formula is C8H3F4IO. The van der Waals surface area contributed by atoms with Crippen molar-refractivity contribution < 1.29 is 22.4 Å². The van der Waals surface area contributed by atoms with Gasteiger partial charge in [0.1, 0.15) is 5.82 Å². The van der Waals surface area contributed by atoms with Crippen LogP contribution in [0.3, 0.4) is 0 Å². The van der Waals surface area contributed by atoms with Gasteiger partial charge in [-0.3, -0.25) is 4.79 Å². The molecule has 14 heavy (non-hydrogen) atoms. The maximum Gasteiger partial charge on any atom is 0.454 e. The fourth-order valence-corrected chi connectivity index (χ4v) is 1.44. The molecule has 0 atom stereocenters. The maximum atomic E-state index is 12.8. The molecule has 0 heterocycles. The van der Waals surface area contributed by atoms with E-state index in [0.29, 0.717) is 0 Å². The molecule has 0 radical (unpaired) electrons. The molecule has 0 spiro atoms. The zero-order valence-corrected chi connectivity index (χ0v) is 8.69. The van der Waals surface area contributed by atoms with E-state index in [1.807, 2.05) is 0 Å². The summed E-state index contributed by atoms with van der Waals surface area (Å²) in [5.41, 5.74) is -0.655. The molecule has 0 bridgehead atoms. The van der Waals surface area contributed by atoms with Crippen molar-refractivity contribution in [1.82, 2.24) is 0 Å². The maximum absolute atomic E-state index is 12.8. The summed E-state index contributed by atoms with van der Waals surface area (Å²) >= 11 is 1.36. The molecule has 1 aromatic rings. The molecule has 0 saturated carbocycles. The summed E-state index contributed by atoms with van der Waals surface area (Å²) in [5.74, 6) is -2.86. The van der Waals surface area contributed by atoms with Gasteiger partial charge in [-0.1, -0.05) is 6.07 Å². The molecule has 0 aliphatic carbocycles. The van der Waals surface area contributed by atoms with E-state index in [1.165, 1.54) is 22.6 Å². The molecule has 0 N–H and O–H groups in total. The minimum Gasteiger partial charge on any atom is -0.284 e. The molecule has 0 fully saturated rings. The third-order valence-corrected chi connectivity index (χ3v) is 2.55. The zero-order valence-electron chi connectivity index (χ0n) is 6.53. The molecule has 0 unspecified atom stereocenters. The van der Waals surface area contributed by atoms with Gasteiger partial charge in [0.15, 0.2) is 0 Å². The van der Waals surface area contributed by atoms with E-state index in [9.17, 15) is 22.4 Å². The predicted molar refractivity (Wildman–Crippen MR) is 49.5 cm³/mol. The van der Waals surface area contributed by atoms with Crippen LogP contribution < -0.4 is 0 Å². The van der Waals surface area contributed by atoms with Gasteiger partial charge < -0.3 is 0 Å². The first-order valence-electron chi connectivity index (χ1n) is 3.39. The Labute approximate surface area is 90.2 Å². The van der Waals surface area contributed by atoms with Crippen LogP contribution in [0.5, 0.6) is 0 Å². The molecule has 1 aromatic carbocycles. The van der Waals surface area contributed by atoms with E-state index >= 15 is 0 Å². The number of halogens is 5. The topological polar surface area (TPSA) is 17.1 Å². The lowest BCUT2D eigenvalue weighted by Gasteiger charge is -2.06. The van der Waals surface area contributed by atoms with Crippen molar-refractivity contribution in [1.29, 1.82) is 0 Å². The lowest BCUT2D eigenvalue weighted by atomic mass is 10.1. The average Bonchev–Trinajstić information content (AvgIpc) is 2.07. The first-order valence-corrected chi connectivity index (χ1v) is 4.47. The Morgan fingerprint density at radius 3 is 2.36 bits per heavy atom. The summed E-state index contributed by atoms with van der Waals surface area (Å²) in [4.78, 5) is 10.7. The standard InChI is InChI=1S/C8H3F4IO/c9-5-3-1-2-4(6(5)13)7(14)8(10,11)12/h1-3H. The molecule has 0 aromatic heterocycles. The highest BCUT2D eigenvalue weighted by molar-refractivity contribution is 14.1. The van der Waals surface area contributed by atoms with Crippen LogP contribution >= 0.6 is 22.6 Å². The Hall–Kier alpha value is -0.660. The van der Waals surface area contributed by atoms with Crippen LogP contribution in [0.25, 0.3) is 0 Å². The summed E-state index contributed by atoms with van der Waals surface area (Å²) in [7, 11) is 0. The van der Waals surface area contributed by atoms with Gasteiger partial charge in [0, 0.05) is 5.56 Å². The highest BCUT2D eigenvalue weighted by atomic mass is 127. The van der Waals surface area contributed by atoms with Gasteiger partial charge in [0.25, 0.3) is 5.78 Å². The van der Waals surface area contributed by atoms with E-state index in [-0.39, 0.29) is 3.57 Å². The number of benzene rings is 1. The van der Waals surface area contributed by atoms with Crippen molar-refractivity contribution in [3.05, 3.63) is 33.1 Å². The molecule has 76 valence electrons. The highest BCUT2D eigenvalue weighted by Crippen LogP contribution is 2.25. The molecular weight excluding hydrogens is 315 g/mol. The second kappa shape index (κ2) is 3.84. The number of rotatable bonds is 1. The van der Waals surface area contributed by atoms with Gasteiger partial charge in [-0.2, -0.15) is 13.2 Å². The largest absolute Gasteiger partial charge is 0.454 e. The summed E-state index contributed by atoms with van der Waals surface area (Å²) in [6, 6.07) is 3.01. The Kier molecular flexibility index (Phi) is 3.13. The van der Waals surface area contributed by atoms with Gasteiger partial charge >= 0.3 is 6.18 Å². The van der Waals surface area contributed by atoms with Gasteiger partial charge in [0.05, 0.1) is 3.57 Å². The fraction of sp³-hybridized carbons (Fsp3) is 0.125. The zero-order chi connectivity index (χ0) is 10.9. The van der Waals surface area contributed by atoms with Gasteiger partial charge in [0.2, 0.25) is 0 Å². The van der Waals surface area contributed by atoms with E-state index in [1.54, 1.807) is 0 Å². The molecule has 0 aliphatic rings. The Bertz CT molecular complexity index is 372. The number of hydrogen-bond acceptors (Lipinski definition) is 1. The molecule has 0 amide bonds. The number of alkyl halides is 3. The van der Waals surface area contributed by atoms with E-state index in [2.05, 4.69) is 0 Å². The van der Waals surface area contributed by atoms with Gasteiger partial charge in [-0.15, -0.1) is 0 Å². The number of hydrogen-bond donors (Lipinski definition) is 0. The monoisotopic (exact) mass is 318 g/mol. The van der Waals surface area contributed by atoms with Crippen LogP contribution in [0.1, 0.15) is 10.4 Å². The normalized spacial score (nSPS) is 11.5. The van der Waals surface area contributed by atoms with Crippen molar-refractivity contribution in [3.8, 4) is 0 Å². The van der Waals surface area contributed by atoms with Crippen LogP contribution in [0.2, 0.25) is 0 Å². The van der Waals surface area contributed by atoms with Crippen LogP contribution in [0.15, 0.2) is 18.2 Å². The molecule has 0 aliphatic heterocycles. The van der Waals surface area contributed by atoms with Crippen molar-refractivity contribution in [2.24, 2.45) is 0 Å². The first kappa shape index (κ1) is 11.4. The predicted octanol–water partition coefficient (Wildman–Crippen LogP) is 3.18. The number of carbonyl (C=O) groups excluding carboxylic acids is 1. The highest BCUT2D eigenvalue weighted by Gasteiger charge is 2.40. The van der Waals surface area contributed by atoms with E-state index < -0.39 is 23.3 Å². The lowest BCUT2D eigenvalue weighted by molar-refractivity contribution is -0.0885. The Balaban J connectivity index is 3.21. The Morgan fingerprint density at radius 2 is 1.86 bits per heavy atom. The van der Waals surface area contributed by atoms with Gasteiger partial charge in [-0.05, 0) is 34.7 Å². The van der Waals surface area contributed by atoms with Crippen molar-refractivity contribution in [2.75, 3.05) is 0 Å². The van der Waals surface area contributed by atoms with Crippen LogP contribution in [-0.2, 0) is 0 Å². The van der Waals surface area contributed by atoms with Crippen molar-refractivity contribution in [2.45, 2.75) is 6.18 Å². The quantitative estimate of drug-likeness (QED) is 0.442. The van der Waals surface area contributed by atoms with Crippen LogP contribution in [-0.4, -0.2) is 12.0 Å². The van der Waals surface area contributed by atoms with Crippen molar-refractivity contribution in [3.63, 3.8) is 0 Å².